The van der Waals surface area contributed by atoms with Crippen molar-refractivity contribution in [3.8, 4) is 5.75 Å². The topological polar surface area (TPSA) is 70.4 Å². The van der Waals surface area contributed by atoms with E-state index in [0.717, 1.165) is 34.4 Å². The third-order valence-electron chi connectivity index (χ3n) is 4.31. The minimum Gasteiger partial charge on any atom is -0.507 e. The average molecular weight is 338 g/mol. The second kappa shape index (κ2) is 6.20. The molecule has 4 rings (SSSR count). The van der Waals surface area contributed by atoms with Crippen molar-refractivity contribution < 1.29 is 5.11 Å². The number of hydrogen-bond acceptors (Lipinski definition) is 6. The van der Waals surface area contributed by atoms with Crippen LogP contribution in [0, 0.1) is 6.92 Å². The highest BCUT2D eigenvalue weighted by Crippen LogP contribution is 2.38. The molecule has 1 aliphatic carbocycles. The van der Waals surface area contributed by atoms with Gasteiger partial charge in [-0.15, -0.1) is 11.3 Å². The molecule has 0 fully saturated rings. The predicted molar refractivity (Wildman–Crippen MR) is 98.1 cm³/mol. The van der Waals surface area contributed by atoms with E-state index in [0.29, 0.717) is 5.56 Å². The standard InChI is InChI=1S/C18H18N4OS/c1-11-6-7-12(14(23)8-11)9-21-22-17-16-13-4-2-3-5-15(13)24-18(16)20-10-19-17/h6-10,23H,2-5H2,1H3,(H,19,20,22)/b21-9+. The molecule has 1 aromatic carbocycles. The Hall–Kier alpha value is -2.47. The van der Waals surface area contributed by atoms with E-state index in [1.807, 2.05) is 19.1 Å². The van der Waals surface area contributed by atoms with Crippen LogP contribution in [-0.4, -0.2) is 21.3 Å². The van der Waals surface area contributed by atoms with E-state index in [1.165, 1.54) is 23.3 Å². The van der Waals surface area contributed by atoms with Gasteiger partial charge < -0.3 is 5.11 Å². The molecular weight excluding hydrogens is 320 g/mol. The number of fused-ring (bicyclic) bond motifs is 3. The van der Waals surface area contributed by atoms with Crippen LogP contribution in [0.25, 0.3) is 10.2 Å². The smallest absolute Gasteiger partial charge is 0.158 e. The summed E-state index contributed by atoms with van der Waals surface area (Å²) in [5.74, 6) is 0.962. The largest absolute Gasteiger partial charge is 0.507 e. The fourth-order valence-electron chi connectivity index (χ4n) is 3.10. The summed E-state index contributed by atoms with van der Waals surface area (Å²) >= 11 is 1.76. The summed E-state index contributed by atoms with van der Waals surface area (Å²) in [4.78, 5) is 11.2. The number of rotatable bonds is 3. The van der Waals surface area contributed by atoms with Crippen LogP contribution in [0.2, 0.25) is 0 Å². The maximum absolute atomic E-state index is 9.94. The van der Waals surface area contributed by atoms with Crippen LogP contribution in [0.1, 0.15) is 34.4 Å². The van der Waals surface area contributed by atoms with E-state index in [1.54, 1.807) is 29.9 Å². The Morgan fingerprint density at radius 3 is 3.00 bits per heavy atom. The molecule has 24 heavy (non-hydrogen) atoms. The summed E-state index contributed by atoms with van der Waals surface area (Å²) in [5.41, 5.74) is 6.09. The number of phenols is 1. The molecule has 122 valence electrons. The Labute approximate surface area is 144 Å². The summed E-state index contributed by atoms with van der Waals surface area (Å²) in [6.45, 7) is 1.94. The van der Waals surface area contributed by atoms with Crippen molar-refractivity contribution in [1.82, 2.24) is 9.97 Å². The van der Waals surface area contributed by atoms with Crippen LogP contribution in [0.3, 0.4) is 0 Å². The van der Waals surface area contributed by atoms with Crippen LogP contribution in [0.15, 0.2) is 29.6 Å². The van der Waals surface area contributed by atoms with Crippen LogP contribution in [0.4, 0.5) is 5.82 Å². The lowest BCUT2D eigenvalue weighted by atomic mass is 9.97. The first-order valence-corrected chi connectivity index (χ1v) is 8.88. The number of benzene rings is 1. The van der Waals surface area contributed by atoms with Crippen LogP contribution >= 0.6 is 11.3 Å². The number of thiophene rings is 1. The lowest BCUT2D eigenvalue weighted by Gasteiger charge is -2.11. The monoisotopic (exact) mass is 338 g/mol. The number of aryl methyl sites for hydroxylation is 3. The zero-order chi connectivity index (χ0) is 16.5. The third kappa shape index (κ3) is 2.73. The fraction of sp³-hybridized carbons (Fsp3) is 0.278. The van der Waals surface area contributed by atoms with Gasteiger partial charge in [0.25, 0.3) is 0 Å². The number of nitrogens with one attached hydrogen (secondary N) is 1. The lowest BCUT2D eigenvalue weighted by Crippen LogP contribution is -2.01. The van der Waals surface area contributed by atoms with Gasteiger partial charge in [-0.3, -0.25) is 5.43 Å². The van der Waals surface area contributed by atoms with E-state index in [9.17, 15) is 5.11 Å². The number of anilines is 1. The van der Waals surface area contributed by atoms with E-state index in [-0.39, 0.29) is 5.75 Å². The first-order chi connectivity index (χ1) is 11.7. The molecular formula is C18H18N4OS. The molecule has 0 aliphatic heterocycles. The van der Waals surface area contributed by atoms with Gasteiger partial charge in [0, 0.05) is 10.4 Å². The summed E-state index contributed by atoms with van der Waals surface area (Å²) < 4.78 is 0. The van der Waals surface area contributed by atoms with Crippen molar-refractivity contribution in [2.45, 2.75) is 32.6 Å². The van der Waals surface area contributed by atoms with Crippen LogP contribution in [-0.2, 0) is 12.8 Å². The summed E-state index contributed by atoms with van der Waals surface area (Å²) in [6, 6.07) is 5.51. The molecule has 2 N–H and O–H groups in total. The molecule has 0 unspecified atom stereocenters. The van der Waals surface area contributed by atoms with Gasteiger partial charge in [0.2, 0.25) is 0 Å². The van der Waals surface area contributed by atoms with E-state index < -0.39 is 0 Å². The minimum atomic E-state index is 0.223. The van der Waals surface area contributed by atoms with Gasteiger partial charge in [-0.25, -0.2) is 9.97 Å². The molecule has 0 saturated heterocycles. The molecule has 0 radical (unpaired) electrons. The van der Waals surface area contributed by atoms with Gasteiger partial charge in [-0.1, -0.05) is 6.07 Å². The van der Waals surface area contributed by atoms with E-state index in [2.05, 4.69) is 20.5 Å². The molecule has 0 bridgehead atoms. The maximum atomic E-state index is 9.94. The van der Waals surface area contributed by atoms with Gasteiger partial charge in [0.05, 0.1) is 11.6 Å². The van der Waals surface area contributed by atoms with E-state index >= 15 is 0 Å². The zero-order valence-corrected chi connectivity index (χ0v) is 14.2. The SMILES string of the molecule is Cc1ccc(/C=N/Nc2ncnc3sc4c(c23)CCCC4)c(O)c1. The Bertz CT molecular complexity index is 932. The van der Waals surface area contributed by atoms with Crippen molar-refractivity contribution in [3.05, 3.63) is 46.1 Å². The Balaban J connectivity index is 1.65. The fourth-order valence-corrected chi connectivity index (χ4v) is 4.33. The highest BCUT2D eigenvalue weighted by molar-refractivity contribution is 7.19. The van der Waals surface area contributed by atoms with Crippen molar-refractivity contribution in [2.24, 2.45) is 5.10 Å². The van der Waals surface area contributed by atoms with E-state index in [4.69, 9.17) is 0 Å². The molecule has 2 heterocycles. The zero-order valence-electron chi connectivity index (χ0n) is 13.4. The van der Waals surface area contributed by atoms with Crippen LogP contribution < -0.4 is 5.43 Å². The third-order valence-corrected chi connectivity index (χ3v) is 5.51. The maximum Gasteiger partial charge on any atom is 0.158 e. The number of phenolic OH excluding ortho intramolecular Hbond substituents is 1. The van der Waals surface area contributed by atoms with Crippen molar-refractivity contribution in [1.29, 1.82) is 0 Å². The second-order valence-electron chi connectivity index (χ2n) is 6.05. The van der Waals surface area contributed by atoms with Crippen molar-refractivity contribution >= 4 is 33.6 Å². The van der Waals surface area contributed by atoms with Gasteiger partial charge in [0.1, 0.15) is 16.9 Å². The first kappa shape index (κ1) is 15.1. The normalized spacial score (nSPS) is 14.2. The quantitative estimate of drug-likeness (QED) is 0.559. The van der Waals surface area contributed by atoms with Crippen molar-refractivity contribution in [3.63, 3.8) is 0 Å². The first-order valence-electron chi connectivity index (χ1n) is 8.06. The van der Waals surface area contributed by atoms with Crippen molar-refractivity contribution in [2.75, 3.05) is 5.43 Å². The molecule has 0 spiro atoms. The number of nitrogens with zero attached hydrogens (tertiary/aromatic N) is 3. The average Bonchev–Trinajstić information content (AvgIpc) is 2.96. The van der Waals surface area contributed by atoms with Gasteiger partial charge >= 0.3 is 0 Å². The summed E-state index contributed by atoms with van der Waals surface area (Å²) in [5, 5.41) is 15.3. The van der Waals surface area contributed by atoms with Gasteiger partial charge in [-0.05, 0) is 55.9 Å². The number of hydrazone groups is 1. The lowest BCUT2D eigenvalue weighted by molar-refractivity contribution is 0.474. The highest BCUT2D eigenvalue weighted by Gasteiger charge is 2.19. The molecule has 1 aliphatic rings. The molecule has 0 atom stereocenters. The molecule has 3 aromatic rings. The van der Waals surface area contributed by atoms with Gasteiger partial charge in [-0.2, -0.15) is 5.10 Å². The Morgan fingerprint density at radius 2 is 2.12 bits per heavy atom. The predicted octanol–water partition coefficient (Wildman–Crippen LogP) is 4.03. The minimum absolute atomic E-state index is 0.223. The van der Waals surface area contributed by atoms with Crippen LogP contribution in [0.5, 0.6) is 5.75 Å². The number of aromatic hydroxyl groups is 1. The Kier molecular flexibility index (Phi) is 3.90. The highest BCUT2D eigenvalue weighted by atomic mass is 32.1. The van der Waals surface area contributed by atoms with Gasteiger partial charge in [0.15, 0.2) is 5.82 Å². The molecule has 0 saturated carbocycles. The molecule has 0 amide bonds. The second-order valence-corrected chi connectivity index (χ2v) is 7.13. The number of aromatic nitrogens is 2. The molecule has 2 aromatic heterocycles. The summed E-state index contributed by atoms with van der Waals surface area (Å²) in [7, 11) is 0. The number of hydrogen-bond donors (Lipinski definition) is 2. The molecule has 6 heteroatoms. The Morgan fingerprint density at radius 1 is 1.25 bits per heavy atom. The summed E-state index contributed by atoms with van der Waals surface area (Å²) in [6.07, 6.45) is 7.87. The molecule has 5 nitrogen and oxygen atoms in total.